The second-order valence-electron chi connectivity index (χ2n) is 7.13. The maximum absolute atomic E-state index is 11.9. The molecule has 1 aliphatic carbocycles. The molecule has 2 aromatic carbocycles. The van der Waals surface area contributed by atoms with Crippen molar-refractivity contribution in [3.63, 3.8) is 0 Å². The van der Waals surface area contributed by atoms with Crippen molar-refractivity contribution in [3.8, 4) is 16.3 Å². The number of hydrogen-bond donors (Lipinski definition) is 1. The van der Waals surface area contributed by atoms with Gasteiger partial charge in [-0.2, -0.15) is 0 Å². The van der Waals surface area contributed by atoms with E-state index in [1.54, 1.807) is 29.6 Å². The van der Waals surface area contributed by atoms with Crippen LogP contribution in [-0.2, 0) is 4.79 Å². The average molecular weight is 418 g/mol. The molecular formula is C24H23N3O2S. The second-order valence-corrected chi connectivity index (χ2v) is 8.16. The van der Waals surface area contributed by atoms with Gasteiger partial charge in [-0.15, -0.1) is 17.1 Å². The molecule has 5 nitrogen and oxygen atoms in total. The number of hydrogen-bond acceptors (Lipinski definition) is 5. The van der Waals surface area contributed by atoms with Crippen LogP contribution in [0.3, 0.4) is 0 Å². The van der Waals surface area contributed by atoms with Crippen LogP contribution in [0.25, 0.3) is 20.8 Å². The van der Waals surface area contributed by atoms with Crippen LogP contribution in [0.15, 0.2) is 72.0 Å². The molecule has 1 aliphatic rings. The van der Waals surface area contributed by atoms with Crippen LogP contribution in [0.1, 0.15) is 6.42 Å². The van der Waals surface area contributed by atoms with Crippen molar-refractivity contribution >= 4 is 33.1 Å². The lowest BCUT2D eigenvalue weighted by atomic mass is 10.2. The summed E-state index contributed by atoms with van der Waals surface area (Å²) < 4.78 is 6.95. The van der Waals surface area contributed by atoms with Gasteiger partial charge in [0.1, 0.15) is 10.8 Å². The Balaban J connectivity index is 1.32. The third-order valence-corrected chi connectivity index (χ3v) is 5.78. The fourth-order valence-electron chi connectivity index (χ4n) is 3.05. The lowest BCUT2D eigenvalue weighted by molar-refractivity contribution is -0.117. The number of allylic oxidation sites excluding steroid dienone is 1. The molecular weight excluding hydrogens is 394 g/mol. The number of anilines is 1. The van der Waals surface area contributed by atoms with Gasteiger partial charge in [0.25, 0.3) is 5.91 Å². The Kier molecular flexibility index (Phi) is 5.98. The summed E-state index contributed by atoms with van der Waals surface area (Å²) in [6.07, 6.45) is 6.02. The van der Waals surface area contributed by atoms with Crippen molar-refractivity contribution < 1.29 is 9.53 Å². The van der Waals surface area contributed by atoms with Crippen molar-refractivity contribution in [2.75, 3.05) is 32.1 Å². The van der Waals surface area contributed by atoms with Crippen molar-refractivity contribution in [1.82, 2.24) is 10.3 Å². The quantitative estimate of drug-likeness (QED) is 0.431. The van der Waals surface area contributed by atoms with E-state index in [2.05, 4.69) is 40.2 Å². The maximum Gasteiger partial charge on any atom is 0.259 e. The van der Waals surface area contributed by atoms with E-state index in [9.17, 15) is 4.79 Å². The molecule has 1 amide bonds. The first-order valence-corrected chi connectivity index (χ1v) is 10.6. The normalized spacial score (nSPS) is 12.3. The first-order chi connectivity index (χ1) is 14.6. The largest absolute Gasteiger partial charge is 0.493 e. The predicted molar refractivity (Wildman–Crippen MR) is 123 cm³/mol. The van der Waals surface area contributed by atoms with Crippen LogP contribution >= 0.6 is 11.3 Å². The number of fused-ring (bicyclic) bond motifs is 1. The van der Waals surface area contributed by atoms with Gasteiger partial charge in [-0.1, -0.05) is 6.08 Å². The number of ether oxygens (including phenoxy) is 1. The third-order valence-electron chi connectivity index (χ3n) is 4.71. The average Bonchev–Trinajstić information content (AvgIpc) is 3.43. The Morgan fingerprint density at radius 1 is 1.20 bits per heavy atom. The highest BCUT2D eigenvalue weighted by atomic mass is 32.1. The molecule has 0 spiro atoms. The Morgan fingerprint density at radius 3 is 2.77 bits per heavy atom. The van der Waals surface area contributed by atoms with E-state index in [-0.39, 0.29) is 5.91 Å². The van der Waals surface area contributed by atoms with E-state index in [1.165, 1.54) is 5.69 Å². The van der Waals surface area contributed by atoms with Gasteiger partial charge in [0, 0.05) is 31.9 Å². The van der Waals surface area contributed by atoms with Crippen LogP contribution in [0.4, 0.5) is 5.69 Å². The number of carbonyl (C=O) groups is 1. The molecule has 30 heavy (non-hydrogen) atoms. The predicted octanol–water partition coefficient (Wildman–Crippen LogP) is 4.57. The van der Waals surface area contributed by atoms with E-state index in [1.807, 2.05) is 32.3 Å². The van der Waals surface area contributed by atoms with E-state index >= 15 is 0 Å². The second kappa shape index (κ2) is 8.99. The topological polar surface area (TPSA) is 54.5 Å². The number of carbonyl (C=O) groups excluding carboxylic acids is 1. The number of benzene rings is 2. The zero-order valence-corrected chi connectivity index (χ0v) is 17.8. The molecule has 0 aliphatic heterocycles. The number of amides is 1. The van der Waals surface area contributed by atoms with E-state index in [4.69, 9.17) is 9.72 Å². The lowest BCUT2D eigenvalue weighted by Gasteiger charge is -2.11. The van der Waals surface area contributed by atoms with Crippen molar-refractivity contribution in [3.05, 3.63) is 72.0 Å². The molecule has 0 saturated heterocycles. The summed E-state index contributed by atoms with van der Waals surface area (Å²) in [6, 6.07) is 14.4. The zero-order valence-electron chi connectivity index (χ0n) is 17.0. The Hall–Kier alpha value is -3.34. The molecule has 0 atom stereocenters. The fraction of sp³-hybridized carbons (Fsp3) is 0.208. The first kappa shape index (κ1) is 20.0. The summed E-state index contributed by atoms with van der Waals surface area (Å²) in [5.41, 5.74) is 6.71. The smallest absolute Gasteiger partial charge is 0.259 e. The van der Waals surface area contributed by atoms with Gasteiger partial charge in [-0.25, -0.2) is 4.98 Å². The summed E-state index contributed by atoms with van der Waals surface area (Å²) in [4.78, 5) is 18.7. The summed E-state index contributed by atoms with van der Waals surface area (Å²) in [5.74, 6) is 0.716. The lowest BCUT2D eigenvalue weighted by Crippen LogP contribution is -2.26. The van der Waals surface area contributed by atoms with Gasteiger partial charge >= 0.3 is 0 Å². The molecule has 3 aromatic rings. The molecule has 1 heterocycles. The van der Waals surface area contributed by atoms with Crippen LogP contribution in [-0.4, -0.2) is 38.1 Å². The molecule has 0 saturated carbocycles. The van der Waals surface area contributed by atoms with Gasteiger partial charge in [-0.05, 0) is 61.0 Å². The zero-order chi connectivity index (χ0) is 20.9. The van der Waals surface area contributed by atoms with Crippen LogP contribution in [0, 0.1) is 0 Å². The van der Waals surface area contributed by atoms with Crippen LogP contribution in [0.5, 0.6) is 5.75 Å². The number of thiazole rings is 1. The standard InChI is InChI=1S/C24H23N3O2S/c1-27(2)19-10-8-18(9-11-19)24-26-21-13-12-20(16-22(21)30-24)29-15-5-14-25-23(28)17-6-3-4-7-17/h3-4,6,8-13,16H,5,14-15H2,1-2H3,(H,25,28). The first-order valence-electron chi connectivity index (χ1n) is 9.83. The molecule has 152 valence electrons. The monoisotopic (exact) mass is 417 g/mol. The minimum Gasteiger partial charge on any atom is -0.493 e. The molecule has 4 rings (SSSR count). The van der Waals surface area contributed by atoms with Crippen LogP contribution in [0.2, 0.25) is 0 Å². The highest BCUT2D eigenvalue weighted by molar-refractivity contribution is 7.21. The van der Waals surface area contributed by atoms with E-state index in [0.717, 1.165) is 33.0 Å². The maximum atomic E-state index is 11.9. The molecule has 0 radical (unpaired) electrons. The number of nitrogens with one attached hydrogen (secondary N) is 1. The van der Waals surface area contributed by atoms with E-state index in [0.29, 0.717) is 18.7 Å². The van der Waals surface area contributed by atoms with E-state index < -0.39 is 0 Å². The minimum absolute atomic E-state index is 0.0998. The molecule has 0 bridgehead atoms. The van der Waals surface area contributed by atoms with Gasteiger partial charge in [-0.3, -0.25) is 4.79 Å². The third kappa shape index (κ3) is 4.62. The molecule has 0 fully saturated rings. The summed E-state index contributed by atoms with van der Waals surface area (Å²) in [6.45, 7) is 1.10. The summed E-state index contributed by atoms with van der Waals surface area (Å²) in [5, 5.41) is 3.87. The van der Waals surface area contributed by atoms with Crippen molar-refractivity contribution in [1.29, 1.82) is 0 Å². The Morgan fingerprint density at radius 2 is 2.03 bits per heavy atom. The number of nitrogens with zero attached hydrogens (tertiary/aromatic N) is 2. The molecule has 1 N–H and O–H groups in total. The minimum atomic E-state index is -0.0998. The molecule has 6 heteroatoms. The Bertz CT molecular complexity index is 1150. The summed E-state index contributed by atoms with van der Waals surface area (Å²) >= 11 is 1.66. The number of rotatable bonds is 8. The van der Waals surface area contributed by atoms with Gasteiger partial charge in [0.2, 0.25) is 0 Å². The van der Waals surface area contributed by atoms with Crippen molar-refractivity contribution in [2.45, 2.75) is 6.42 Å². The Labute approximate surface area is 180 Å². The molecule has 0 unspecified atom stereocenters. The fourth-order valence-corrected chi connectivity index (χ4v) is 4.05. The number of aromatic nitrogens is 1. The SMILES string of the molecule is CN(C)c1ccc(-c2nc3ccc(OCCCNC(=O)C4=C=CC=C4)cc3s2)cc1. The van der Waals surface area contributed by atoms with Gasteiger partial charge < -0.3 is 15.0 Å². The van der Waals surface area contributed by atoms with Crippen LogP contribution < -0.4 is 15.0 Å². The highest BCUT2D eigenvalue weighted by Crippen LogP contribution is 2.33. The van der Waals surface area contributed by atoms with Gasteiger partial charge in [0.15, 0.2) is 0 Å². The van der Waals surface area contributed by atoms with Gasteiger partial charge in [0.05, 0.1) is 22.4 Å². The van der Waals surface area contributed by atoms with Crippen molar-refractivity contribution in [2.24, 2.45) is 0 Å². The summed E-state index contributed by atoms with van der Waals surface area (Å²) in [7, 11) is 4.06. The highest BCUT2D eigenvalue weighted by Gasteiger charge is 2.09. The molecule has 1 aromatic heterocycles.